The summed E-state index contributed by atoms with van der Waals surface area (Å²) in [7, 11) is -3.41. The van der Waals surface area contributed by atoms with Gasteiger partial charge in [-0.1, -0.05) is 23.2 Å². The van der Waals surface area contributed by atoms with Crippen LogP contribution in [0.2, 0.25) is 10.0 Å². The number of rotatable bonds is 6. The van der Waals surface area contributed by atoms with E-state index >= 15 is 0 Å². The van der Waals surface area contributed by atoms with Crippen LogP contribution in [0.3, 0.4) is 0 Å². The van der Waals surface area contributed by atoms with Gasteiger partial charge < -0.3 is 5.32 Å². The van der Waals surface area contributed by atoms with Crippen molar-refractivity contribution in [2.45, 2.75) is 25.2 Å². The topological polar surface area (TPSA) is 72.5 Å². The number of unbranched alkanes of at least 4 members (excludes halogenated alkanes) is 1. The number of fused-ring (bicyclic) bond motifs is 1. The van der Waals surface area contributed by atoms with Crippen molar-refractivity contribution in [3.8, 4) is 0 Å². The lowest BCUT2D eigenvalue weighted by atomic mass is 9.95. The monoisotopic (exact) mass is 351 g/mol. The highest BCUT2D eigenvalue weighted by molar-refractivity contribution is 7.85. The second-order valence-corrected chi connectivity index (χ2v) is 7.40. The minimum absolute atomic E-state index is 0.113. The fraction of sp³-hybridized carbons (Fsp3) is 0.462. The number of nitrogens with one attached hydrogen (secondary N) is 1. The predicted octanol–water partition coefficient (Wildman–Crippen LogP) is 3.18. The van der Waals surface area contributed by atoms with E-state index in [4.69, 9.17) is 23.2 Å². The minimum atomic E-state index is -3.41. The lowest BCUT2D eigenvalue weighted by Gasteiger charge is -2.09. The minimum Gasteiger partial charge on any atom is -0.324 e. The second kappa shape index (κ2) is 6.52. The van der Waals surface area contributed by atoms with Crippen LogP contribution in [0.25, 0.3) is 0 Å². The number of hydrogen-bond acceptors (Lipinski definition) is 4. The Balaban J connectivity index is 1.95. The van der Waals surface area contributed by atoms with Crippen LogP contribution in [-0.4, -0.2) is 27.2 Å². The number of hydrogen-bond donors (Lipinski definition) is 1. The molecule has 21 heavy (non-hydrogen) atoms. The number of halogens is 2. The Labute approximate surface area is 133 Å². The first kappa shape index (κ1) is 16.5. The summed E-state index contributed by atoms with van der Waals surface area (Å²) in [6.45, 7) is 0.121. The molecular formula is C13H15Cl2NO4S. The highest BCUT2D eigenvalue weighted by Gasteiger charge is 2.31. The van der Waals surface area contributed by atoms with Crippen LogP contribution in [0.1, 0.15) is 30.7 Å². The van der Waals surface area contributed by atoms with Crippen LogP contribution in [0, 0.1) is 0 Å². The van der Waals surface area contributed by atoms with Crippen molar-refractivity contribution in [1.82, 2.24) is 0 Å². The largest absolute Gasteiger partial charge is 0.324 e. The van der Waals surface area contributed by atoms with Crippen molar-refractivity contribution < 1.29 is 17.4 Å². The van der Waals surface area contributed by atoms with E-state index in [-0.39, 0.29) is 18.4 Å². The van der Waals surface area contributed by atoms with Gasteiger partial charge in [0, 0.05) is 5.02 Å². The van der Waals surface area contributed by atoms with Gasteiger partial charge in [-0.3, -0.25) is 8.98 Å². The van der Waals surface area contributed by atoms with Gasteiger partial charge in [-0.15, -0.1) is 0 Å². The van der Waals surface area contributed by atoms with Crippen molar-refractivity contribution in [3.05, 3.63) is 27.7 Å². The van der Waals surface area contributed by atoms with Gasteiger partial charge in [-0.25, -0.2) is 0 Å². The summed E-state index contributed by atoms with van der Waals surface area (Å²) >= 11 is 12.0. The summed E-state index contributed by atoms with van der Waals surface area (Å²) in [5.74, 6) is -0.423. The standard InChI is InChI=1S/C13H15Cl2NO4S/c1-21(18,19)20-5-3-2-4-9-10-6-8(14)7-11(15)12(10)16-13(9)17/h6-7,9H,2-5H2,1H3,(H,16,17). The van der Waals surface area contributed by atoms with Gasteiger partial charge in [0.15, 0.2) is 0 Å². The van der Waals surface area contributed by atoms with E-state index in [9.17, 15) is 13.2 Å². The van der Waals surface area contributed by atoms with Crippen LogP contribution in [0.15, 0.2) is 12.1 Å². The summed E-state index contributed by atoms with van der Waals surface area (Å²) in [4.78, 5) is 12.0. The van der Waals surface area contributed by atoms with Crippen molar-refractivity contribution in [3.63, 3.8) is 0 Å². The molecule has 0 saturated heterocycles. The van der Waals surface area contributed by atoms with Crippen LogP contribution in [0.4, 0.5) is 5.69 Å². The average Bonchev–Trinajstić information content (AvgIpc) is 2.65. The third-order valence-electron chi connectivity index (χ3n) is 3.21. The number of carbonyl (C=O) groups excluding carboxylic acids is 1. The Morgan fingerprint density at radius 2 is 2.00 bits per heavy atom. The first-order valence-corrected chi connectivity index (χ1v) is 8.99. The lowest BCUT2D eigenvalue weighted by molar-refractivity contribution is -0.117. The maximum Gasteiger partial charge on any atom is 0.264 e. The third-order valence-corrected chi connectivity index (χ3v) is 4.32. The van der Waals surface area contributed by atoms with Crippen molar-refractivity contribution in [1.29, 1.82) is 0 Å². The van der Waals surface area contributed by atoms with E-state index in [0.717, 1.165) is 11.8 Å². The van der Waals surface area contributed by atoms with Gasteiger partial charge in [-0.05, 0) is 37.0 Å². The molecule has 1 N–H and O–H groups in total. The molecule has 0 spiro atoms. The van der Waals surface area contributed by atoms with Crippen LogP contribution >= 0.6 is 23.2 Å². The highest BCUT2D eigenvalue weighted by Crippen LogP contribution is 2.41. The number of amides is 1. The van der Waals surface area contributed by atoms with Crippen molar-refractivity contribution >= 4 is 44.9 Å². The predicted molar refractivity (Wildman–Crippen MR) is 82.5 cm³/mol. The summed E-state index contributed by atoms with van der Waals surface area (Å²) in [5.41, 5.74) is 1.41. The molecular weight excluding hydrogens is 337 g/mol. The summed E-state index contributed by atoms with van der Waals surface area (Å²) in [6.07, 6.45) is 2.82. The van der Waals surface area contributed by atoms with Gasteiger partial charge >= 0.3 is 0 Å². The maximum atomic E-state index is 12.0. The molecule has 8 heteroatoms. The molecule has 0 saturated carbocycles. The van der Waals surface area contributed by atoms with Crippen LogP contribution in [-0.2, 0) is 19.1 Å². The van der Waals surface area contributed by atoms with E-state index in [1.165, 1.54) is 0 Å². The third kappa shape index (κ3) is 4.32. The molecule has 1 aromatic rings. The molecule has 2 rings (SSSR count). The van der Waals surface area contributed by atoms with Crippen molar-refractivity contribution in [2.24, 2.45) is 0 Å². The molecule has 0 fully saturated rings. The molecule has 0 aliphatic carbocycles. The van der Waals surface area contributed by atoms with E-state index < -0.39 is 10.1 Å². The molecule has 0 aromatic heterocycles. The summed E-state index contributed by atoms with van der Waals surface area (Å²) in [6, 6.07) is 3.32. The fourth-order valence-electron chi connectivity index (χ4n) is 2.30. The molecule has 1 unspecified atom stereocenters. The Bertz CT molecular complexity index is 660. The van der Waals surface area contributed by atoms with Gasteiger partial charge in [0.1, 0.15) is 0 Å². The van der Waals surface area contributed by atoms with Gasteiger partial charge in [0.2, 0.25) is 5.91 Å². The molecule has 1 atom stereocenters. The van der Waals surface area contributed by atoms with E-state index in [1.807, 2.05) is 0 Å². The molecule has 0 bridgehead atoms. The Hall–Kier alpha value is -0.820. The molecule has 1 aromatic carbocycles. The zero-order valence-corrected chi connectivity index (χ0v) is 13.7. The molecule has 0 radical (unpaired) electrons. The van der Waals surface area contributed by atoms with E-state index in [0.29, 0.717) is 35.0 Å². The zero-order valence-electron chi connectivity index (χ0n) is 11.4. The molecule has 1 aliphatic heterocycles. The molecule has 1 amide bonds. The SMILES string of the molecule is CS(=O)(=O)OCCCCC1C(=O)Nc2c(Cl)cc(Cl)cc21. The average molecular weight is 352 g/mol. The van der Waals surface area contributed by atoms with Crippen LogP contribution in [0.5, 0.6) is 0 Å². The lowest BCUT2D eigenvalue weighted by Crippen LogP contribution is -2.12. The molecule has 5 nitrogen and oxygen atoms in total. The van der Waals surface area contributed by atoms with Crippen molar-refractivity contribution in [2.75, 3.05) is 18.2 Å². The van der Waals surface area contributed by atoms with Gasteiger partial charge in [-0.2, -0.15) is 8.42 Å². The molecule has 116 valence electrons. The number of benzene rings is 1. The zero-order chi connectivity index (χ0) is 15.6. The first-order valence-electron chi connectivity index (χ1n) is 6.42. The van der Waals surface area contributed by atoms with Gasteiger partial charge in [0.25, 0.3) is 10.1 Å². The quantitative estimate of drug-likeness (QED) is 0.630. The van der Waals surface area contributed by atoms with Gasteiger partial charge in [0.05, 0.1) is 29.5 Å². The molecule has 1 heterocycles. The Morgan fingerprint density at radius 1 is 1.29 bits per heavy atom. The summed E-state index contributed by atoms with van der Waals surface area (Å²) < 4.78 is 26.3. The van der Waals surface area contributed by atoms with E-state index in [1.54, 1.807) is 12.1 Å². The normalized spacial score (nSPS) is 17.7. The Kier molecular flexibility index (Phi) is 5.14. The maximum absolute atomic E-state index is 12.0. The summed E-state index contributed by atoms with van der Waals surface area (Å²) in [5, 5.41) is 3.66. The molecule has 1 aliphatic rings. The Morgan fingerprint density at radius 3 is 2.67 bits per heavy atom. The second-order valence-electron chi connectivity index (χ2n) is 4.92. The first-order chi connectivity index (χ1) is 9.78. The number of anilines is 1. The number of carbonyl (C=O) groups is 1. The van der Waals surface area contributed by atoms with Crippen LogP contribution < -0.4 is 5.32 Å². The fourth-order valence-corrected chi connectivity index (χ4v) is 3.28. The highest BCUT2D eigenvalue weighted by atomic mass is 35.5. The smallest absolute Gasteiger partial charge is 0.264 e. The van der Waals surface area contributed by atoms with E-state index in [2.05, 4.69) is 9.50 Å².